The number of anilines is 2. The number of hydrogen-bond donors (Lipinski definition) is 2. The zero-order chi connectivity index (χ0) is 20.7. The van der Waals surface area contributed by atoms with Gasteiger partial charge in [0, 0.05) is 20.8 Å². The number of rotatable bonds is 9. The molecule has 0 spiro atoms. The molecule has 0 radical (unpaired) electrons. The summed E-state index contributed by atoms with van der Waals surface area (Å²) >= 11 is 0. The minimum atomic E-state index is -0.745. The van der Waals surface area contributed by atoms with Gasteiger partial charge in [0.15, 0.2) is 5.69 Å². The number of nitrogen functional groups attached to an aromatic ring is 1. The summed E-state index contributed by atoms with van der Waals surface area (Å²) in [6.45, 7) is 2.22. The van der Waals surface area contributed by atoms with E-state index in [1.54, 1.807) is 6.92 Å². The number of carbonyl (C=O) groups excluding carboxylic acids is 1. The maximum Gasteiger partial charge on any atom is 0.330 e. The van der Waals surface area contributed by atoms with E-state index in [4.69, 9.17) is 15.2 Å². The number of H-pyrrole nitrogens is 1. The van der Waals surface area contributed by atoms with Gasteiger partial charge in [-0.1, -0.05) is 37.3 Å². The lowest BCUT2D eigenvalue weighted by Crippen LogP contribution is -2.46. The molecular formula is C19H26N4O5. The van der Waals surface area contributed by atoms with Gasteiger partial charge in [-0.15, -0.1) is 0 Å². The molecule has 2 aromatic rings. The number of aromatic nitrogens is 2. The Bertz CT molecular complexity index is 903. The molecule has 0 aliphatic rings. The Hall–Kier alpha value is -2.91. The second kappa shape index (κ2) is 9.86. The third-order valence-corrected chi connectivity index (χ3v) is 4.38. The highest BCUT2D eigenvalue weighted by Crippen LogP contribution is 2.19. The second-order valence-electron chi connectivity index (χ2n) is 6.18. The van der Waals surface area contributed by atoms with Crippen molar-refractivity contribution >= 4 is 17.4 Å². The van der Waals surface area contributed by atoms with E-state index in [-0.39, 0.29) is 31.2 Å². The normalized spacial score (nSPS) is 12.0. The quantitative estimate of drug-likeness (QED) is 0.646. The van der Waals surface area contributed by atoms with Crippen LogP contribution in [0.1, 0.15) is 18.9 Å². The summed E-state index contributed by atoms with van der Waals surface area (Å²) < 4.78 is 11.5. The van der Waals surface area contributed by atoms with E-state index in [0.717, 1.165) is 5.56 Å². The van der Waals surface area contributed by atoms with Gasteiger partial charge in [-0.25, -0.2) is 4.79 Å². The number of nitrogens with one attached hydrogen (secondary N) is 1. The highest BCUT2D eigenvalue weighted by Gasteiger charge is 2.29. The number of ether oxygens (including phenoxy) is 2. The van der Waals surface area contributed by atoms with Crippen molar-refractivity contribution < 1.29 is 14.3 Å². The molecule has 1 aromatic carbocycles. The number of methoxy groups -OCH3 is 2. The third kappa shape index (κ3) is 4.68. The number of benzene rings is 1. The standard InChI is InChI=1S/C19H26N4O5/c1-4-14(28-3)18(25)22(10-11-27-2)15-16(20)23(19(26)21-17(15)24)12-13-8-6-5-7-9-13/h5-9,14H,4,10-12,20H2,1-3H3,(H,21,24,26). The maximum atomic E-state index is 12.9. The van der Waals surface area contributed by atoms with Gasteiger partial charge in [0.2, 0.25) is 0 Å². The molecule has 1 amide bonds. The summed E-state index contributed by atoms with van der Waals surface area (Å²) in [5.74, 6) is -0.517. The molecule has 1 atom stereocenters. The summed E-state index contributed by atoms with van der Waals surface area (Å²) in [7, 11) is 2.91. The molecule has 152 valence electrons. The molecule has 28 heavy (non-hydrogen) atoms. The van der Waals surface area contributed by atoms with Crippen molar-refractivity contribution in [1.82, 2.24) is 9.55 Å². The zero-order valence-electron chi connectivity index (χ0n) is 16.3. The molecule has 9 heteroatoms. The Balaban J connectivity index is 2.56. The Morgan fingerprint density at radius 2 is 1.93 bits per heavy atom. The van der Waals surface area contributed by atoms with Crippen molar-refractivity contribution in [3.05, 3.63) is 56.7 Å². The molecule has 1 aromatic heterocycles. The van der Waals surface area contributed by atoms with E-state index in [2.05, 4.69) is 4.98 Å². The topological polar surface area (TPSA) is 120 Å². The molecular weight excluding hydrogens is 364 g/mol. The maximum absolute atomic E-state index is 12.9. The minimum Gasteiger partial charge on any atom is -0.383 e. The van der Waals surface area contributed by atoms with Crippen LogP contribution in [0.5, 0.6) is 0 Å². The Labute approximate surface area is 162 Å². The van der Waals surface area contributed by atoms with Gasteiger partial charge in [0.25, 0.3) is 11.5 Å². The number of hydrogen-bond acceptors (Lipinski definition) is 6. The fourth-order valence-electron chi connectivity index (χ4n) is 2.89. The molecule has 3 N–H and O–H groups in total. The number of carbonyl (C=O) groups is 1. The van der Waals surface area contributed by atoms with Gasteiger partial charge in [-0.2, -0.15) is 0 Å². The van der Waals surface area contributed by atoms with E-state index in [1.165, 1.54) is 23.7 Å². The summed E-state index contributed by atoms with van der Waals surface area (Å²) in [6.07, 6.45) is -0.328. The monoisotopic (exact) mass is 390 g/mol. The third-order valence-electron chi connectivity index (χ3n) is 4.38. The van der Waals surface area contributed by atoms with Gasteiger partial charge in [0.05, 0.1) is 13.2 Å². The van der Waals surface area contributed by atoms with Crippen molar-refractivity contribution in [3.63, 3.8) is 0 Å². The van der Waals surface area contributed by atoms with Crippen molar-refractivity contribution in [2.45, 2.75) is 26.0 Å². The van der Waals surface area contributed by atoms with Crippen LogP contribution in [0.25, 0.3) is 0 Å². The molecule has 0 saturated heterocycles. The van der Waals surface area contributed by atoms with E-state index in [0.29, 0.717) is 6.42 Å². The van der Waals surface area contributed by atoms with Gasteiger partial charge in [0.1, 0.15) is 11.9 Å². The van der Waals surface area contributed by atoms with Crippen molar-refractivity contribution in [2.75, 3.05) is 38.0 Å². The van der Waals surface area contributed by atoms with Crippen LogP contribution in [0.2, 0.25) is 0 Å². The van der Waals surface area contributed by atoms with Crippen molar-refractivity contribution in [2.24, 2.45) is 0 Å². The van der Waals surface area contributed by atoms with Crippen LogP contribution in [-0.4, -0.2) is 48.9 Å². The smallest absolute Gasteiger partial charge is 0.330 e. The average molecular weight is 390 g/mol. The molecule has 2 rings (SSSR count). The number of aromatic amines is 1. The predicted octanol–water partition coefficient (Wildman–Crippen LogP) is 0.572. The van der Waals surface area contributed by atoms with Crippen molar-refractivity contribution in [1.29, 1.82) is 0 Å². The first kappa shape index (κ1) is 21.4. The molecule has 1 heterocycles. The summed E-state index contributed by atoms with van der Waals surface area (Å²) in [4.78, 5) is 41.3. The van der Waals surface area contributed by atoms with Gasteiger partial charge in [-0.05, 0) is 12.0 Å². The van der Waals surface area contributed by atoms with Crippen LogP contribution < -0.4 is 21.9 Å². The lowest BCUT2D eigenvalue weighted by atomic mass is 10.2. The fraction of sp³-hybridized carbons (Fsp3) is 0.421. The van der Waals surface area contributed by atoms with Crippen LogP contribution in [0.4, 0.5) is 11.5 Å². The molecule has 0 saturated carbocycles. The average Bonchev–Trinajstić information content (AvgIpc) is 2.69. The zero-order valence-corrected chi connectivity index (χ0v) is 16.3. The minimum absolute atomic E-state index is 0.0893. The van der Waals surface area contributed by atoms with Gasteiger partial charge < -0.3 is 15.2 Å². The van der Waals surface area contributed by atoms with Gasteiger partial charge in [-0.3, -0.25) is 24.0 Å². The molecule has 0 bridgehead atoms. The van der Waals surface area contributed by atoms with E-state index >= 15 is 0 Å². The van der Waals surface area contributed by atoms with E-state index < -0.39 is 23.3 Å². The van der Waals surface area contributed by atoms with Crippen LogP contribution in [0, 0.1) is 0 Å². The second-order valence-corrected chi connectivity index (χ2v) is 6.18. The van der Waals surface area contributed by atoms with Crippen LogP contribution in [0.15, 0.2) is 39.9 Å². The Morgan fingerprint density at radius 1 is 1.25 bits per heavy atom. The predicted molar refractivity (Wildman–Crippen MR) is 107 cm³/mol. The highest BCUT2D eigenvalue weighted by molar-refractivity contribution is 5.98. The molecule has 0 aliphatic carbocycles. The lowest BCUT2D eigenvalue weighted by molar-refractivity contribution is -0.128. The molecule has 0 aliphatic heterocycles. The number of nitrogens with two attached hydrogens (primary N) is 1. The Kier molecular flexibility index (Phi) is 7.53. The number of amides is 1. The Morgan fingerprint density at radius 3 is 2.50 bits per heavy atom. The van der Waals surface area contributed by atoms with Crippen LogP contribution in [-0.2, 0) is 20.8 Å². The summed E-state index contributed by atoms with van der Waals surface area (Å²) in [5, 5.41) is 0. The fourth-order valence-corrected chi connectivity index (χ4v) is 2.89. The van der Waals surface area contributed by atoms with E-state index in [1.807, 2.05) is 30.3 Å². The SMILES string of the molecule is CCC(OC)C(=O)N(CCOC)c1c(N)n(Cc2ccccc2)c(=O)[nH]c1=O. The number of nitrogens with zero attached hydrogens (tertiary/aromatic N) is 2. The van der Waals surface area contributed by atoms with Crippen molar-refractivity contribution in [3.8, 4) is 0 Å². The molecule has 9 nitrogen and oxygen atoms in total. The van der Waals surface area contributed by atoms with Crippen LogP contribution in [0.3, 0.4) is 0 Å². The van der Waals surface area contributed by atoms with E-state index in [9.17, 15) is 14.4 Å². The summed E-state index contributed by atoms with van der Waals surface area (Å²) in [5.41, 5.74) is 5.55. The highest BCUT2D eigenvalue weighted by atomic mass is 16.5. The molecule has 1 unspecified atom stereocenters. The van der Waals surface area contributed by atoms with Crippen LogP contribution >= 0.6 is 0 Å². The first-order valence-corrected chi connectivity index (χ1v) is 8.94. The summed E-state index contributed by atoms with van der Waals surface area (Å²) in [6, 6.07) is 9.20. The largest absolute Gasteiger partial charge is 0.383 e. The first-order valence-electron chi connectivity index (χ1n) is 8.94. The van der Waals surface area contributed by atoms with Gasteiger partial charge >= 0.3 is 5.69 Å². The lowest BCUT2D eigenvalue weighted by Gasteiger charge is -2.27. The molecule has 0 fully saturated rings. The first-order chi connectivity index (χ1) is 13.4.